The van der Waals surface area contributed by atoms with E-state index >= 15 is 0 Å². The molecule has 3 amide bonds. The van der Waals surface area contributed by atoms with E-state index in [1.807, 2.05) is 59.0 Å². The van der Waals surface area contributed by atoms with Crippen molar-refractivity contribution in [1.82, 2.24) is 10.2 Å². The van der Waals surface area contributed by atoms with Crippen molar-refractivity contribution in [2.45, 2.75) is 25.8 Å². The van der Waals surface area contributed by atoms with Crippen LogP contribution in [0.25, 0.3) is 0 Å². The summed E-state index contributed by atoms with van der Waals surface area (Å²) in [5, 5.41) is 19.1. The van der Waals surface area contributed by atoms with Crippen molar-refractivity contribution in [1.29, 1.82) is 0 Å². The number of amides is 3. The molecule has 0 saturated carbocycles. The average Bonchev–Trinajstić information content (AvgIpc) is 3.68. The summed E-state index contributed by atoms with van der Waals surface area (Å²) < 4.78 is 0. The molecular weight excluding hydrogens is 585 g/mol. The van der Waals surface area contributed by atoms with Gasteiger partial charge in [0.2, 0.25) is 0 Å². The molecule has 0 aliphatic carbocycles. The van der Waals surface area contributed by atoms with Crippen LogP contribution in [0.2, 0.25) is 0 Å². The number of carboxylic acids is 1. The van der Waals surface area contributed by atoms with E-state index in [4.69, 9.17) is 0 Å². The molecule has 11 heteroatoms. The van der Waals surface area contributed by atoms with Crippen molar-refractivity contribution in [3.63, 3.8) is 0 Å². The number of thiophene rings is 2. The van der Waals surface area contributed by atoms with E-state index in [-0.39, 0.29) is 23.8 Å². The van der Waals surface area contributed by atoms with Crippen LogP contribution in [0.4, 0.5) is 11.4 Å². The Balaban J connectivity index is 1.39. The van der Waals surface area contributed by atoms with Gasteiger partial charge in [0.05, 0.1) is 33.6 Å². The Bertz CT molecular complexity index is 1590. The van der Waals surface area contributed by atoms with Gasteiger partial charge in [-0.25, -0.2) is 0 Å². The van der Waals surface area contributed by atoms with Crippen molar-refractivity contribution in [3.8, 4) is 0 Å². The summed E-state index contributed by atoms with van der Waals surface area (Å²) in [6.07, 6.45) is 0.467. The molecule has 0 radical (unpaired) electrons. The second-order valence-electron chi connectivity index (χ2n) is 10.3. The normalized spacial score (nSPS) is 14.1. The first-order valence-corrected chi connectivity index (χ1v) is 15.7. The number of aryl methyl sites for hydroxylation is 1. The number of hydrogen-bond donors (Lipinski definition) is 3. The van der Waals surface area contributed by atoms with E-state index in [0.717, 1.165) is 17.7 Å². The number of carbonyl (C=O) groups excluding carboxylic acids is 3. The molecule has 5 rings (SSSR count). The Morgan fingerprint density at radius 3 is 2.26 bits per heavy atom. The van der Waals surface area contributed by atoms with Crippen LogP contribution in [0.1, 0.15) is 59.7 Å². The average molecular weight is 617 g/mol. The van der Waals surface area contributed by atoms with E-state index in [0.29, 0.717) is 47.2 Å². The molecule has 1 aliphatic rings. The minimum atomic E-state index is -1.03. The number of aliphatic carboxylic acids is 1. The molecule has 1 atom stereocenters. The third-order valence-corrected chi connectivity index (χ3v) is 9.00. The summed E-state index contributed by atoms with van der Waals surface area (Å²) in [6.45, 7) is 4.29. The summed E-state index contributed by atoms with van der Waals surface area (Å²) in [5.41, 5.74) is 3.22. The Morgan fingerprint density at radius 1 is 0.860 bits per heavy atom. The van der Waals surface area contributed by atoms with Gasteiger partial charge in [0.1, 0.15) is 0 Å². The van der Waals surface area contributed by atoms with Gasteiger partial charge in [-0.15, -0.1) is 22.7 Å². The number of nitrogens with one attached hydrogen (secondary N) is 2. The molecule has 3 N–H and O–H groups in total. The summed E-state index contributed by atoms with van der Waals surface area (Å²) >= 11 is 2.74. The fourth-order valence-electron chi connectivity index (χ4n) is 5.03. The Labute approximate surface area is 257 Å². The van der Waals surface area contributed by atoms with Crippen molar-refractivity contribution < 1.29 is 24.3 Å². The van der Waals surface area contributed by atoms with Crippen molar-refractivity contribution in [2.24, 2.45) is 0 Å². The second-order valence-corrected chi connectivity index (χ2v) is 12.2. The summed E-state index contributed by atoms with van der Waals surface area (Å²) in [6, 6.07) is 19.0. The fraction of sp³-hybridized carbons (Fsp3) is 0.250. The minimum absolute atomic E-state index is 0.0135. The van der Waals surface area contributed by atoms with E-state index in [1.54, 1.807) is 30.3 Å². The SMILES string of the molecule is Cc1ccc(C(CC(=O)O)NC(=O)c2ccc(N3CCCN(C(=O)c4cccs4)CC3)c(NC(=O)c3cccs3)c2)cc1. The zero-order valence-electron chi connectivity index (χ0n) is 23.6. The molecule has 4 aromatic rings. The Kier molecular flexibility index (Phi) is 9.53. The first-order valence-electron chi connectivity index (χ1n) is 13.9. The maximum absolute atomic E-state index is 13.4. The molecule has 2 aromatic heterocycles. The molecule has 1 saturated heterocycles. The lowest BCUT2D eigenvalue weighted by molar-refractivity contribution is -0.137. The molecule has 3 heterocycles. The van der Waals surface area contributed by atoms with E-state index in [9.17, 15) is 24.3 Å². The first kappa shape index (κ1) is 30.0. The molecule has 0 bridgehead atoms. The summed E-state index contributed by atoms with van der Waals surface area (Å²) in [5.74, 6) is -1.76. The quantitative estimate of drug-likeness (QED) is 0.223. The molecule has 1 unspecified atom stereocenters. The van der Waals surface area contributed by atoms with Gasteiger partial charge in [-0.05, 0) is 60.0 Å². The van der Waals surface area contributed by atoms with Crippen LogP contribution in [-0.2, 0) is 4.79 Å². The molecule has 9 nitrogen and oxygen atoms in total. The zero-order chi connectivity index (χ0) is 30.3. The number of carboxylic acid groups (broad SMARTS) is 1. The lowest BCUT2D eigenvalue weighted by Gasteiger charge is -2.26. The van der Waals surface area contributed by atoms with Gasteiger partial charge in [0.15, 0.2) is 0 Å². The summed E-state index contributed by atoms with van der Waals surface area (Å²) in [7, 11) is 0. The minimum Gasteiger partial charge on any atom is -0.481 e. The number of rotatable bonds is 9. The third kappa shape index (κ3) is 7.49. The lowest BCUT2D eigenvalue weighted by Crippen LogP contribution is -2.35. The number of anilines is 2. The first-order chi connectivity index (χ1) is 20.8. The van der Waals surface area contributed by atoms with Gasteiger partial charge in [-0.2, -0.15) is 0 Å². The fourth-order valence-corrected chi connectivity index (χ4v) is 6.34. The van der Waals surface area contributed by atoms with Crippen molar-refractivity contribution >= 4 is 57.7 Å². The Morgan fingerprint density at radius 2 is 1.58 bits per heavy atom. The zero-order valence-corrected chi connectivity index (χ0v) is 25.2. The standard InChI is InChI=1S/C32H32N4O5S2/c1-21-7-9-22(10-8-21)24(20-29(37)38)33-30(39)23-11-12-26(25(19-23)34-31(40)27-5-2-17-42-27)35-13-4-14-36(16-15-35)32(41)28-6-3-18-43-28/h2-3,5-12,17-19,24H,4,13-16,20H2,1H3,(H,33,39)(H,34,40)(H,37,38). The molecular formula is C32H32N4O5S2. The monoisotopic (exact) mass is 616 g/mol. The van der Waals surface area contributed by atoms with Crippen LogP contribution < -0.4 is 15.5 Å². The van der Waals surface area contributed by atoms with E-state index < -0.39 is 17.9 Å². The van der Waals surface area contributed by atoms with Crippen LogP contribution in [0.5, 0.6) is 0 Å². The number of hydrogen-bond acceptors (Lipinski definition) is 7. The third-order valence-electron chi connectivity index (χ3n) is 7.27. The highest BCUT2D eigenvalue weighted by molar-refractivity contribution is 7.12. The number of benzene rings is 2. The van der Waals surface area contributed by atoms with Crippen LogP contribution in [0.15, 0.2) is 77.5 Å². The smallest absolute Gasteiger partial charge is 0.305 e. The Hall–Kier alpha value is -4.48. The van der Waals surface area contributed by atoms with Gasteiger partial charge in [-0.3, -0.25) is 19.2 Å². The van der Waals surface area contributed by atoms with Gasteiger partial charge in [0.25, 0.3) is 17.7 Å². The maximum atomic E-state index is 13.4. The van der Waals surface area contributed by atoms with E-state index in [2.05, 4.69) is 15.5 Å². The topological polar surface area (TPSA) is 119 Å². The van der Waals surface area contributed by atoms with Crippen LogP contribution in [0.3, 0.4) is 0 Å². The number of carbonyl (C=O) groups is 4. The largest absolute Gasteiger partial charge is 0.481 e. The predicted octanol–water partition coefficient (Wildman–Crippen LogP) is 5.67. The highest BCUT2D eigenvalue weighted by atomic mass is 32.1. The van der Waals surface area contributed by atoms with Gasteiger partial charge in [0, 0.05) is 31.7 Å². The molecule has 1 aliphatic heterocycles. The molecule has 43 heavy (non-hydrogen) atoms. The van der Waals surface area contributed by atoms with Crippen LogP contribution in [0, 0.1) is 6.92 Å². The second kappa shape index (κ2) is 13.7. The lowest BCUT2D eigenvalue weighted by atomic mass is 10.0. The molecule has 222 valence electrons. The highest BCUT2D eigenvalue weighted by Gasteiger charge is 2.25. The van der Waals surface area contributed by atoms with Crippen LogP contribution >= 0.6 is 22.7 Å². The predicted molar refractivity (Wildman–Crippen MR) is 169 cm³/mol. The highest BCUT2D eigenvalue weighted by Crippen LogP contribution is 2.30. The number of nitrogens with zero attached hydrogens (tertiary/aromatic N) is 2. The molecule has 1 fully saturated rings. The van der Waals surface area contributed by atoms with Crippen molar-refractivity contribution in [2.75, 3.05) is 36.4 Å². The van der Waals surface area contributed by atoms with Gasteiger partial charge in [-0.1, -0.05) is 42.0 Å². The summed E-state index contributed by atoms with van der Waals surface area (Å²) in [4.78, 5) is 56.3. The molecule has 0 spiro atoms. The maximum Gasteiger partial charge on any atom is 0.305 e. The molecule has 2 aromatic carbocycles. The van der Waals surface area contributed by atoms with Gasteiger partial charge < -0.3 is 25.5 Å². The van der Waals surface area contributed by atoms with Gasteiger partial charge >= 0.3 is 5.97 Å². The van der Waals surface area contributed by atoms with Crippen LogP contribution in [-0.4, -0.2) is 59.9 Å². The van der Waals surface area contributed by atoms with Crippen molar-refractivity contribution in [3.05, 3.63) is 104 Å². The van der Waals surface area contributed by atoms with E-state index in [1.165, 1.54) is 22.7 Å².